The molecule has 0 saturated carbocycles. The van der Waals surface area contributed by atoms with Crippen molar-refractivity contribution in [2.45, 2.75) is 13.5 Å². The van der Waals surface area contributed by atoms with Crippen molar-refractivity contribution in [2.75, 3.05) is 33.2 Å². The van der Waals surface area contributed by atoms with Crippen molar-refractivity contribution in [2.24, 2.45) is 0 Å². The lowest BCUT2D eigenvalue weighted by Crippen LogP contribution is -2.48. The summed E-state index contributed by atoms with van der Waals surface area (Å²) in [5.41, 5.74) is 1.67. The summed E-state index contributed by atoms with van der Waals surface area (Å²) in [5, 5.41) is 9.17. The third kappa shape index (κ3) is 3.31. The van der Waals surface area contributed by atoms with Gasteiger partial charge in [-0.15, -0.1) is 0 Å². The number of aromatic nitrogens is 3. The fraction of sp³-hybridized carbons (Fsp3) is 0.304. The zero-order valence-electron chi connectivity index (χ0n) is 18.0. The van der Waals surface area contributed by atoms with E-state index in [0.29, 0.717) is 35.5 Å². The van der Waals surface area contributed by atoms with Crippen LogP contribution in [0.3, 0.4) is 0 Å². The number of pyridine rings is 2. The zero-order chi connectivity index (χ0) is 22.4. The van der Waals surface area contributed by atoms with Gasteiger partial charge in [0.15, 0.2) is 0 Å². The zero-order valence-corrected chi connectivity index (χ0v) is 18.0. The molecule has 1 amide bonds. The number of carbonyl (C=O) groups excluding carboxylic acids is 1. The Kier molecular flexibility index (Phi) is 4.90. The summed E-state index contributed by atoms with van der Waals surface area (Å²) in [4.78, 5) is 35.4. The van der Waals surface area contributed by atoms with Gasteiger partial charge in [0.1, 0.15) is 22.5 Å². The largest absolute Gasteiger partial charge is 0.467 e. The number of rotatable bonds is 3. The Hall–Kier alpha value is -3.72. The number of fused-ring (bicyclic) bond motifs is 2. The fourth-order valence-corrected chi connectivity index (χ4v) is 4.15. The molecule has 1 aliphatic rings. The number of carbonyl (C=O) groups is 1. The monoisotopic (exact) mass is 432 g/mol. The average Bonchev–Trinajstić information content (AvgIpc) is 3.30. The molecule has 9 nitrogen and oxygen atoms in total. The highest BCUT2D eigenvalue weighted by atomic mass is 16.3. The van der Waals surface area contributed by atoms with Crippen LogP contribution in [0.1, 0.15) is 21.7 Å². The number of hydrogen-bond acceptors (Lipinski definition) is 6. The second kappa shape index (κ2) is 7.76. The number of hydrogen-bond donors (Lipinski definition) is 1. The molecular weight excluding hydrogens is 408 g/mol. The SMILES string of the molecule is Cc1cccn2c(=O)c3cc(C(=O)N4CCN(C)CC4)c(=N)n(Cc4ccco4)c3nc12. The van der Waals surface area contributed by atoms with Gasteiger partial charge in [0.25, 0.3) is 11.5 Å². The minimum absolute atomic E-state index is 0.0164. The van der Waals surface area contributed by atoms with Crippen molar-refractivity contribution in [3.05, 3.63) is 75.5 Å². The molecule has 1 fully saturated rings. The number of furan rings is 1. The summed E-state index contributed by atoms with van der Waals surface area (Å²) in [6.07, 6.45) is 3.23. The van der Waals surface area contributed by atoms with Crippen molar-refractivity contribution in [3.8, 4) is 0 Å². The Morgan fingerprint density at radius 2 is 1.94 bits per heavy atom. The Labute approximate surface area is 183 Å². The van der Waals surface area contributed by atoms with Crippen LogP contribution in [0.25, 0.3) is 16.7 Å². The lowest BCUT2D eigenvalue weighted by atomic mass is 10.1. The van der Waals surface area contributed by atoms with Crippen LogP contribution < -0.4 is 11.0 Å². The van der Waals surface area contributed by atoms with Crippen molar-refractivity contribution >= 4 is 22.6 Å². The van der Waals surface area contributed by atoms with Crippen molar-refractivity contribution in [3.63, 3.8) is 0 Å². The summed E-state index contributed by atoms with van der Waals surface area (Å²) in [6.45, 7) is 4.79. The first kappa shape index (κ1) is 20.2. The van der Waals surface area contributed by atoms with E-state index in [1.165, 1.54) is 10.5 Å². The van der Waals surface area contributed by atoms with Crippen LogP contribution in [0.4, 0.5) is 0 Å². The summed E-state index contributed by atoms with van der Waals surface area (Å²) >= 11 is 0. The lowest BCUT2D eigenvalue weighted by molar-refractivity contribution is 0.0661. The maximum absolute atomic E-state index is 13.4. The van der Waals surface area contributed by atoms with Gasteiger partial charge in [0, 0.05) is 32.4 Å². The van der Waals surface area contributed by atoms with Gasteiger partial charge in [-0.05, 0) is 43.8 Å². The molecule has 0 spiro atoms. The molecule has 1 N–H and O–H groups in total. The maximum atomic E-state index is 13.4. The Balaban J connectivity index is 1.76. The van der Waals surface area contributed by atoms with E-state index >= 15 is 0 Å². The molecule has 0 bridgehead atoms. The molecule has 32 heavy (non-hydrogen) atoms. The second-order valence-electron chi connectivity index (χ2n) is 8.21. The topological polar surface area (TPSA) is 99.8 Å². The fourth-order valence-electron chi connectivity index (χ4n) is 4.15. The summed E-state index contributed by atoms with van der Waals surface area (Å²) in [5.74, 6) is 0.368. The van der Waals surface area contributed by atoms with Gasteiger partial charge in [-0.3, -0.25) is 19.4 Å². The smallest absolute Gasteiger partial charge is 0.267 e. The molecule has 5 heterocycles. The predicted octanol–water partition coefficient (Wildman–Crippen LogP) is 1.47. The number of aryl methyl sites for hydroxylation is 1. The molecule has 5 rings (SSSR count). The highest BCUT2D eigenvalue weighted by molar-refractivity contribution is 5.97. The second-order valence-corrected chi connectivity index (χ2v) is 8.21. The van der Waals surface area contributed by atoms with Crippen molar-refractivity contribution < 1.29 is 9.21 Å². The number of piperazine rings is 1. The van der Waals surface area contributed by atoms with Crippen LogP contribution in [-0.2, 0) is 6.54 Å². The third-order valence-electron chi connectivity index (χ3n) is 6.05. The molecule has 0 atom stereocenters. The van der Waals surface area contributed by atoms with Crippen LogP contribution in [0, 0.1) is 12.3 Å². The average molecular weight is 432 g/mol. The third-order valence-corrected chi connectivity index (χ3v) is 6.05. The summed E-state index contributed by atoms with van der Waals surface area (Å²) < 4.78 is 8.57. The molecule has 0 unspecified atom stereocenters. The molecule has 1 saturated heterocycles. The van der Waals surface area contributed by atoms with Gasteiger partial charge in [-0.1, -0.05) is 6.07 Å². The normalized spacial score (nSPS) is 15.0. The van der Waals surface area contributed by atoms with Crippen LogP contribution in [0.15, 0.2) is 52.0 Å². The molecule has 9 heteroatoms. The van der Waals surface area contributed by atoms with Crippen LogP contribution >= 0.6 is 0 Å². The van der Waals surface area contributed by atoms with Gasteiger partial charge in [-0.25, -0.2) is 4.98 Å². The van der Waals surface area contributed by atoms with E-state index < -0.39 is 0 Å². The molecule has 1 aliphatic heterocycles. The van der Waals surface area contributed by atoms with Crippen LogP contribution in [0.2, 0.25) is 0 Å². The van der Waals surface area contributed by atoms with Gasteiger partial charge >= 0.3 is 0 Å². The minimum atomic E-state index is -0.269. The molecule has 4 aromatic heterocycles. The molecule has 0 aliphatic carbocycles. The van der Waals surface area contributed by atoms with Crippen LogP contribution in [0.5, 0.6) is 0 Å². The molecular formula is C23H24N6O3. The number of amides is 1. The Morgan fingerprint density at radius 3 is 2.66 bits per heavy atom. The highest BCUT2D eigenvalue weighted by Crippen LogP contribution is 2.16. The number of likely N-dealkylation sites (N-methyl/N-ethyl adjacent to an activating group) is 1. The Morgan fingerprint density at radius 1 is 1.16 bits per heavy atom. The minimum Gasteiger partial charge on any atom is -0.467 e. The van der Waals surface area contributed by atoms with Crippen molar-refractivity contribution in [1.82, 2.24) is 23.8 Å². The van der Waals surface area contributed by atoms with E-state index in [1.807, 2.05) is 20.0 Å². The molecule has 164 valence electrons. The first-order chi connectivity index (χ1) is 15.4. The Bertz CT molecular complexity index is 1440. The first-order valence-corrected chi connectivity index (χ1v) is 10.5. The highest BCUT2D eigenvalue weighted by Gasteiger charge is 2.24. The lowest BCUT2D eigenvalue weighted by Gasteiger charge is -2.32. The molecule has 0 radical (unpaired) electrons. The van der Waals surface area contributed by atoms with E-state index in [-0.39, 0.29) is 29.1 Å². The van der Waals surface area contributed by atoms with Gasteiger partial charge in [0.2, 0.25) is 0 Å². The van der Waals surface area contributed by atoms with E-state index in [2.05, 4.69) is 4.90 Å². The van der Waals surface area contributed by atoms with Crippen LogP contribution in [-0.4, -0.2) is 62.9 Å². The molecule has 0 aromatic carbocycles. The van der Waals surface area contributed by atoms with Gasteiger partial charge in [0.05, 0.1) is 23.8 Å². The van der Waals surface area contributed by atoms with E-state index in [4.69, 9.17) is 14.8 Å². The van der Waals surface area contributed by atoms with E-state index in [0.717, 1.165) is 18.7 Å². The van der Waals surface area contributed by atoms with E-state index in [1.54, 1.807) is 40.1 Å². The van der Waals surface area contributed by atoms with E-state index in [9.17, 15) is 9.59 Å². The quantitative estimate of drug-likeness (QED) is 0.494. The predicted molar refractivity (Wildman–Crippen MR) is 119 cm³/mol. The van der Waals surface area contributed by atoms with Gasteiger partial charge < -0.3 is 18.8 Å². The maximum Gasteiger partial charge on any atom is 0.267 e. The molecule has 4 aromatic rings. The number of nitrogens with zero attached hydrogens (tertiary/aromatic N) is 5. The van der Waals surface area contributed by atoms with Crippen molar-refractivity contribution in [1.29, 1.82) is 5.41 Å². The number of nitrogens with one attached hydrogen (secondary N) is 1. The van der Waals surface area contributed by atoms with Gasteiger partial charge in [-0.2, -0.15) is 0 Å². The summed E-state index contributed by atoms with van der Waals surface area (Å²) in [7, 11) is 2.02. The first-order valence-electron chi connectivity index (χ1n) is 10.5. The standard InChI is InChI=1S/C23H24N6O3/c1-15-5-3-7-28-20(15)25-21-18(23(28)31)13-17(22(30)27-10-8-26(2)9-11-27)19(24)29(21)14-16-6-4-12-32-16/h3-7,12-13,24H,8-11,14H2,1-2H3. The summed E-state index contributed by atoms with van der Waals surface area (Å²) in [6, 6.07) is 8.77.